The normalized spacial score (nSPS) is 11.2. The SMILES string of the molecule is c1ccc(C[n+]2cn(-c3ccc4ccccc4n3)c3ccccc32)cc1. The van der Waals surface area contributed by atoms with Gasteiger partial charge in [-0.25, -0.2) is 9.55 Å². The molecular formula is C23H18N3+. The minimum absolute atomic E-state index is 0.835. The van der Waals surface area contributed by atoms with Crippen LogP contribution in [0.5, 0.6) is 0 Å². The lowest BCUT2D eigenvalue weighted by Gasteiger charge is -1.99. The summed E-state index contributed by atoms with van der Waals surface area (Å²) in [4.78, 5) is 4.87. The summed E-state index contributed by atoms with van der Waals surface area (Å²) in [6, 6.07) is 31.5. The van der Waals surface area contributed by atoms with Crippen LogP contribution in [0.1, 0.15) is 5.56 Å². The minimum Gasteiger partial charge on any atom is -0.225 e. The van der Waals surface area contributed by atoms with Gasteiger partial charge in [-0.2, -0.15) is 4.57 Å². The third-order valence-corrected chi connectivity index (χ3v) is 4.73. The molecule has 0 saturated heterocycles. The van der Waals surface area contributed by atoms with E-state index in [0.717, 1.165) is 28.8 Å². The van der Waals surface area contributed by atoms with Gasteiger partial charge in [0.2, 0.25) is 5.82 Å². The number of hydrogen-bond acceptors (Lipinski definition) is 1. The zero-order valence-corrected chi connectivity index (χ0v) is 14.3. The maximum absolute atomic E-state index is 4.87. The number of imidazole rings is 1. The molecule has 3 nitrogen and oxygen atoms in total. The largest absolute Gasteiger partial charge is 0.251 e. The molecule has 3 heteroatoms. The van der Waals surface area contributed by atoms with Gasteiger partial charge in [0.25, 0.3) is 6.33 Å². The van der Waals surface area contributed by atoms with Gasteiger partial charge in [0.15, 0.2) is 11.0 Å². The fourth-order valence-corrected chi connectivity index (χ4v) is 3.45. The van der Waals surface area contributed by atoms with Crippen molar-refractivity contribution < 1.29 is 4.57 Å². The van der Waals surface area contributed by atoms with Gasteiger partial charge in [0, 0.05) is 11.5 Å². The van der Waals surface area contributed by atoms with Crippen molar-refractivity contribution in [2.45, 2.75) is 6.54 Å². The number of fused-ring (bicyclic) bond motifs is 2. The van der Waals surface area contributed by atoms with Crippen molar-refractivity contribution in [3.63, 3.8) is 0 Å². The lowest BCUT2D eigenvalue weighted by molar-refractivity contribution is -0.662. The van der Waals surface area contributed by atoms with Crippen molar-refractivity contribution in [2.75, 3.05) is 0 Å². The quantitative estimate of drug-likeness (QED) is 0.444. The topological polar surface area (TPSA) is 21.7 Å². The molecule has 0 atom stereocenters. The number of para-hydroxylation sites is 3. The van der Waals surface area contributed by atoms with Crippen molar-refractivity contribution in [1.82, 2.24) is 9.55 Å². The van der Waals surface area contributed by atoms with Crippen LogP contribution >= 0.6 is 0 Å². The first kappa shape index (κ1) is 14.8. The Kier molecular flexibility index (Phi) is 3.49. The molecule has 2 heterocycles. The van der Waals surface area contributed by atoms with E-state index in [1.165, 1.54) is 11.1 Å². The Hall–Kier alpha value is -3.46. The van der Waals surface area contributed by atoms with Gasteiger partial charge in [-0.3, -0.25) is 0 Å². The second-order valence-electron chi connectivity index (χ2n) is 6.45. The number of nitrogens with zero attached hydrogens (tertiary/aromatic N) is 3. The molecule has 0 spiro atoms. The molecule has 0 aliphatic rings. The molecule has 0 amide bonds. The standard InChI is InChI=1S/C23H18N3/c1-2-8-18(9-3-1)16-25-17-26(22-13-7-6-12-21(22)25)23-15-14-19-10-4-5-11-20(19)24-23/h1-15,17H,16H2/q+1. The van der Waals surface area contributed by atoms with E-state index in [1.807, 2.05) is 12.1 Å². The van der Waals surface area contributed by atoms with E-state index >= 15 is 0 Å². The molecule has 26 heavy (non-hydrogen) atoms. The second-order valence-corrected chi connectivity index (χ2v) is 6.45. The zero-order chi connectivity index (χ0) is 17.3. The van der Waals surface area contributed by atoms with Crippen LogP contribution in [0.15, 0.2) is 97.3 Å². The van der Waals surface area contributed by atoms with Crippen LogP contribution in [0.25, 0.3) is 27.8 Å². The van der Waals surface area contributed by atoms with E-state index in [2.05, 4.69) is 94.3 Å². The van der Waals surface area contributed by atoms with E-state index in [9.17, 15) is 0 Å². The minimum atomic E-state index is 0.835. The molecule has 3 aromatic carbocycles. The van der Waals surface area contributed by atoms with Crippen LogP contribution in [0.4, 0.5) is 0 Å². The van der Waals surface area contributed by atoms with E-state index in [4.69, 9.17) is 4.98 Å². The maximum Gasteiger partial charge on any atom is 0.251 e. The molecule has 0 aliphatic heterocycles. The van der Waals surface area contributed by atoms with Crippen molar-refractivity contribution in [2.24, 2.45) is 0 Å². The molecule has 5 rings (SSSR count). The highest BCUT2D eigenvalue weighted by atomic mass is 15.2. The lowest BCUT2D eigenvalue weighted by Crippen LogP contribution is -2.32. The first-order chi connectivity index (χ1) is 12.9. The highest BCUT2D eigenvalue weighted by Gasteiger charge is 2.18. The monoisotopic (exact) mass is 336 g/mol. The summed E-state index contributed by atoms with van der Waals surface area (Å²) in [5, 5.41) is 1.16. The predicted molar refractivity (Wildman–Crippen MR) is 104 cm³/mol. The number of pyridine rings is 1. The fourth-order valence-electron chi connectivity index (χ4n) is 3.45. The number of hydrogen-bond donors (Lipinski definition) is 0. The van der Waals surface area contributed by atoms with E-state index in [1.54, 1.807) is 0 Å². The van der Waals surface area contributed by atoms with Crippen LogP contribution in [-0.2, 0) is 6.54 Å². The summed E-state index contributed by atoms with van der Waals surface area (Å²) < 4.78 is 4.45. The molecule has 5 aromatic rings. The van der Waals surface area contributed by atoms with Crippen LogP contribution in [0.3, 0.4) is 0 Å². The molecule has 0 fully saturated rings. The van der Waals surface area contributed by atoms with Crippen LogP contribution in [0.2, 0.25) is 0 Å². The third-order valence-electron chi connectivity index (χ3n) is 4.73. The highest BCUT2D eigenvalue weighted by Crippen LogP contribution is 2.19. The summed E-state index contributed by atoms with van der Waals surface area (Å²) in [6.45, 7) is 0.835. The summed E-state index contributed by atoms with van der Waals surface area (Å²) in [5.41, 5.74) is 4.65. The van der Waals surface area contributed by atoms with E-state index in [0.29, 0.717) is 0 Å². The van der Waals surface area contributed by atoms with E-state index in [-0.39, 0.29) is 0 Å². The highest BCUT2D eigenvalue weighted by molar-refractivity contribution is 5.80. The first-order valence-electron chi connectivity index (χ1n) is 8.78. The average Bonchev–Trinajstić information content (AvgIpc) is 3.07. The van der Waals surface area contributed by atoms with Crippen LogP contribution in [-0.4, -0.2) is 9.55 Å². The number of rotatable bonds is 3. The molecular weight excluding hydrogens is 318 g/mol. The Labute approximate surface area is 151 Å². The van der Waals surface area contributed by atoms with Gasteiger partial charge in [-0.15, -0.1) is 0 Å². The van der Waals surface area contributed by atoms with Crippen molar-refractivity contribution >= 4 is 21.9 Å². The third kappa shape index (κ3) is 2.54. The molecule has 124 valence electrons. The zero-order valence-electron chi connectivity index (χ0n) is 14.3. The molecule has 0 radical (unpaired) electrons. The Bertz CT molecular complexity index is 1210. The van der Waals surface area contributed by atoms with E-state index < -0.39 is 0 Å². The average molecular weight is 336 g/mol. The number of aromatic nitrogens is 3. The molecule has 0 N–H and O–H groups in total. The summed E-state index contributed by atoms with van der Waals surface area (Å²) in [6.07, 6.45) is 2.15. The van der Waals surface area contributed by atoms with Gasteiger partial charge < -0.3 is 0 Å². The summed E-state index contributed by atoms with van der Waals surface area (Å²) in [5.74, 6) is 0.937. The van der Waals surface area contributed by atoms with Gasteiger partial charge in [-0.1, -0.05) is 60.7 Å². The van der Waals surface area contributed by atoms with Gasteiger partial charge in [0.1, 0.15) is 6.54 Å². The first-order valence-corrected chi connectivity index (χ1v) is 8.78. The maximum atomic E-state index is 4.87. The smallest absolute Gasteiger partial charge is 0.225 e. The van der Waals surface area contributed by atoms with Crippen LogP contribution in [0, 0.1) is 0 Å². The Balaban J connectivity index is 1.67. The Morgan fingerprint density at radius 2 is 1.50 bits per heavy atom. The Morgan fingerprint density at radius 3 is 2.42 bits per heavy atom. The van der Waals surface area contributed by atoms with Crippen molar-refractivity contribution in [3.8, 4) is 5.82 Å². The summed E-state index contributed by atoms with van der Waals surface area (Å²) >= 11 is 0. The van der Waals surface area contributed by atoms with Crippen molar-refractivity contribution in [1.29, 1.82) is 0 Å². The molecule has 0 unspecified atom stereocenters. The fraction of sp³-hybridized carbons (Fsp3) is 0.0435. The molecule has 0 saturated carbocycles. The van der Waals surface area contributed by atoms with Gasteiger partial charge in [-0.05, 0) is 29.8 Å². The van der Waals surface area contributed by atoms with Gasteiger partial charge >= 0.3 is 0 Å². The molecule has 0 bridgehead atoms. The van der Waals surface area contributed by atoms with Crippen molar-refractivity contribution in [3.05, 3.63) is 103 Å². The van der Waals surface area contributed by atoms with Gasteiger partial charge in [0.05, 0.1) is 5.52 Å². The lowest BCUT2D eigenvalue weighted by atomic mass is 10.2. The van der Waals surface area contributed by atoms with Crippen LogP contribution < -0.4 is 4.57 Å². The Morgan fingerprint density at radius 1 is 0.731 bits per heavy atom. The second kappa shape index (κ2) is 6.12. The summed E-state index contributed by atoms with van der Waals surface area (Å²) in [7, 11) is 0. The number of benzene rings is 3. The molecule has 0 aliphatic carbocycles. The molecule has 2 aromatic heterocycles. The predicted octanol–water partition coefficient (Wildman–Crippen LogP) is 4.51.